The van der Waals surface area contributed by atoms with Crippen molar-refractivity contribution in [1.82, 2.24) is 5.16 Å². The van der Waals surface area contributed by atoms with E-state index in [1.807, 2.05) is 0 Å². The summed E-state index contributed by atoms with van der Waals surface area (Å²) in [4.78, 5) is 34.0. The molecule has 1 heterocycles. The van der Waals surface area contributed by atoms with Crippen LogP contribution in [0.15, 0.2) is 22.7 Å². The number of nitrogens with zero attached hydrogens (tertiary/aromatic N) is 2. The molecule has 1 N–H and O–H groups in total. The smallest absolute Gasteiger partial charge is 0.344 e. The maximum atomic E-state index is 11.9. The van der Waals surface area contributed by atoms with E-state index >= 15 is 0 Å². The number of anilines is 1. The highest BCUT2D eigenvalue weighted by molar-refractivity contribution is 5.96. The van der Waals surface area contributed by atoms with E-state index in [1.165, 1.54) is 18.2 Å². The van der Waals surface area contributed by atoms with Crippen LogP contribution in [-0.2, 0) is 9.53 Å². The number of aromatic nitrogens is 1. The van der Waals surface area contributed by atoms with E-state index in [0.717, 1.165) is 0 Å². The molecule has 0 atom stereocenters. The monoisotopic (exact) mass is 333 g/mol. The summed E-state index contributed by atoms with van der Waals surface area (Å²) in [5.41, 5.74) is 1.32. The topological polar surface area (TPSA) is 125 Å². The minimum absolute atomic E-state index is 0.149. The van der Waals surface area contributed by atoms with Crippen LogP contribution in [-0.4, -0.2) is 28.6 Å². The number of esters is 1. The summed E-state index contributed by atoms with van der Waals surface area (Å²) in [6, 6.07) is 4.09. The van der Waals surface area contributed by atoms with Crippen molar-refractivity contribution in [3.63, 3.8) is 0 Å². The van der Waals surface area contributed by atoms with Gasteiger partial charge in [-0.25, -0.2) is 4.79 Å². The highest BCUT2D eigenvalue weighted by atomic mass is 16.6. The molecule has 0 saturated carbocycles. The molecular weight excluding hydrogens is 318 g/mol. The Hall–Kier alpha value is -3.23. The number of hydrogen-bond donors (Lipinski definition) is 1. The normalized spacial score (nSPS) is 10.3. The van der Waals surface area contributed by atoms with Gasteiger partial charge in [-0.05, 0) is 26.3 Å². The second-order valence-corrected chi connectivity index (χ2v) is 5.08. The molecule has 0 unspecified atom stereocenters. The molecule has 9 nitrogen and oxygen atoms in total. The molecule has 24 heavy (non-hydrogen) atoms. The van der Waals surface area contributed by atoms with Crippen LogP contribution in [0, 0.1) is 30.9 Å². The minimum Gasteiger partial charge on any atom is -0.452 e. The molecule has 2 aromatic rings. The summed E-state index contributed by atoms with van der Waals surface area (Å²) < 4.78 is 9.77. The van der Waals surface area contributed by atoms with Crippen LogP contribution >= 0.6 is 0 Å². The fraction of sp³-hybridized carbons (Fsp3) is 0.267. The molecule has 1 aromatic heterocycles. The number of nitro groups is 1. The first-order chi connectivity index (χ1) is 11.3. The first-order valence-electron chi connectivity index (χ1n) is 6.94. The van der Waals surface area contributed by atoms with Crippen LogP contribution in [0.5, 0.6) is 0 Å². The van der Waals surface area contributed by atoms with Gasteiger partial charge in [-0.1, -0.05) is 11.2 Å². The van der Waals surface area contributed by atoms with Gasteiger partial charge in [0.25, 0.3) is 11.6 Å². The van der Waals surface area contributed by atoms with Crippen molar-refractivity contribution in [1.29, 1.82) is 0 Å². The molecule has 0 fully saturated rings. The Balaban J connectivity index is 2.00. The third kappa shape index (κ3) is 3.75. The zero-order valence-electron chi connectivity index (χ0n) is 13.3. The van der Waals surface area contributed by atoms with E-state index in [9.17, 15) is 19.7 Å². The van der Waals surface area contributed by atoms with Crippen molar-refractivity contribution in [2.45, 2.75) is 20.8 Å². The van der Waals surface area contributed by atoms with E-state index in [4.69, 9.17) is 9.26 Å². The number of non-ortho nitro benzene ring substituents is 1. The molecule has 0 saturated heterocycles. The predicted octanol–water partition coefficient (Wildman–Crippen LogP) is 2.30. The first kappa shape index (κ1) is 17.1. The van der Waals surface area contributed by atoms with Crippen LogP contribution in [0.25, 0.3) is 0 Å². The summed E-state index contributed by atoms with van der Waals surface area (Å²) in [5, 5.41) is 16.9. The number of amides is 1. The number of carbonyl (C=O) groups is 2. The van der Waals surface area contributed by atoms with Crippen LogP contribution < -0.4 is 5.32 Å². The van der Waals surface area contributed by atoms with Crippen molar-refractivity contribution in [2.75, 3.05) is 11.9 Å². The van der Waals surface area contributed by atoms with Gasteiger partial charge in [0.15, 0.2) is 6.61 Å². The summed E-state index contributed by atoms with van der Waals surface area (Å²) in [5.74, 6) is -1.04. The number of hydrogen-bond acceptors (Lipinski definition) is 7. The van der Waals surface area contributed by atoms with Gasteiger partial charge in [0.2, 0.25) is 0 Å². The highest BCUT2D eigenvalue weighted by Crippen LogP contribution is 2.21. The van der Waals surface area contributed by atoms with Gasteiger partial charge in [0.05, 0.1) is 16.3 Å². The van der Waals surface area contributed by atoms with Gasteiger partial charge in [-0.2, -0.15) is 0 Å². The number of carbonyl (C=O) groups excluding carboxylic acids is 2. The Labute approximate surface area is 136 Å². The number of benzene rings is 1. The predicted molar refractivity (Wildman–Crippen MR) is 82.7 cm³/mol. The molecule has 0 aliphatic heterocycles. The lowest BCUT2D eigenvalue weighted by Crippen LogP contribution is -2.21. The Morgan fingerprint density at radius 1 is 1.33 bits per heavy atom. The van der Waals surface area contributed by atoms with Gasteiger partial charge < -0.3 is 14.6 Å². The van der Waals surface area contributed by atoms with E-state index in [1.54, 1.807) is 20.8 Å². The number of nitro benzene ring substituents is 1. The van der Waals surface area contributed by atoms with Crippen LogP contribution in [0.4, 0.5) is 11.4 Å². The fourth-order valence-corrected chi connectivity index (χ4v) is 2.02. The SMILES string of the molecule is Cc1ccc([N+](=O)[O-])cc1NC(=O)COC(=O)c1c(C)noc1C. The molecule has 1 aromatic carbocycles. The largest absolute Gasteiger partial charge is 0.452 e. The van der Waals surface area contributed by atoms with E-state index in [2.05, 4.69) is 10.5 Å². The lowest BCUT2D eigenvalue weighted by Gasteiger charge is -2.08. The number of nitrogens with one attached hydrogen (secondary N) is 1. The summed E-state index contributed by atoms with van der Waals surface area (Å²) in [7, 11) is 0. The van der Waals surface area contributed by atoms with Crippen LogP contribution in [0.1, 0.15) is 27.4 Å². The Kier molecular flexibility index (Phi) is 4.93. The average molecular weight is 333 g/mol. The van der Waals surface area contributed by atoms with E-state index in [-0.39, 0.29) is 16.9 Å². The minimum atomic E-state index is -0.725. The molecule has 0 aliphatic rings. The zero-order chi connectivity index (χ0) is 17.9. The number of aryl methyl sites for hydroxylation is 3. The van der Waals surface area contributed by atoms with Crippen LogP contribution in [0.2, 0.25) is 0 Å². The van der Waals surface area contributed by atoms with Gasteiger partial charge >= 0.3 is 5.97 Å². The molecular formula is C15H15N3O6. The zero-order valence-corrected chi connectivity index (χ0v) is 13.3. The molecule has 2 rings (SSSR count). The maximum Gasteiger partial charge on any atom is 0.344 e. The second-order valence-electron chi connectivity index (χ2n) is 5.08. The first-order valence-corrected chi connectivity index (χ1v) is 6.94. The van der Waals surface area contributed by atoms with Gasteiger partial charge in [-0.3, -0.25) is 14.9 Å². The molecule has 0 aliphatic carbocycles. The lowest BCUT2D eigenvalue weighted by molar-refractivity contribution is -0.384. The van der Waals surface area contributed by atoms with E-state index in [0.29, 0.717) is 17.0 Å². The summed E-state index contributed by atoms with van der Waals surface area (Å²) in [6.07, 6.45) is 0. The third-order valence-electron chi connectivity index (χ3n) is 3.28. The van der Waals surface area contributed by atoms with Crippen molar-refractivity contribution in [2.24, 2.45) is 0 Å². The number of ether oxygens (including phenoxy) is 1. The fourth-order valence-electron chi connectivity index (χ4n) is 2.02. The second kappa shape index (κ2) is 6.90. The Bertz CT molecular complexity index is 792. The molecule has 0 spiro atoms. The summed E-state index contributed by atoms with van der Waals surface area (Å²) in [6.45, 7) is 4.29. The van der Waals surface area contributed by atoms with Gasteiger partial charge in [0.1, 0.15) is 11.3 Å². The van der Waals surface area contributed by atoms with Crippen molar-refractivity contribution in [3.05, 3.63) is 50.9 Å². The Morgan fingerprint density at radius 3 is 2.62 bits per heavy atom. The number of rotatable bonds is 5. The average Bonchev–Trinajstić information content (AvgIpc) is 2.86. The van der Waals surface area contributed by atoms with Crippen LogP contribution in [0.3, 0.4) is 0 Å². The third-order valence-corrected chi connectivity index (χ3v) is 3.28. The summed E-state index contributed by atoms with van der Waals surface area (Å²) >= 11 is 0. The molecule has 0 bridgehead atoms. The quantitative estimate of drug-likeness (QED) is 0.505. The molecule has 0 radical (unpaired) electrons. The molecule has 126 valence electrons. The highest BCUT2D eigenvalue weighted by Gasteiger charge is 2.20. The molecule has 1 amide bonds. The van der Waals surface area contributed by atoms with Gasteiger partial charge in [0, 0.05) is 12.1 Å². The van der Waals surface area contributed by atoms with Crippen molar-refractivity contribution >= 4 is 23.3 Å². The maximum absolute atomic E-state index is 11.9. The van der Waals surface area contributed by atoms with Crippen molar-refractivity contribution < 1.29 is 23.8 Å². The standard InChI is InChI=1S/C15H15N3O6/c1-8-4-5-11(18(21)22)6-12(8)16-13(19)7-23-15(20)14-9(2)17-24-10(14)3/h4-6H,7H2,1-3H3,(H,16,19). The Morgan fingerprint density at radius 2 is 2.04 bits per heavy atom. The van der Waals surface area contributed by atoms with Crippen molar-refractivity contribution in [3.8, 4) is 0 Å². The lowest BCUT2D eigenvalue weighted by atomic mass is 10.2. The molecule has 9 heteroatoms. The van der Waals surface area contributed by atoms with E-state index < -0.39 is 23.4 Å². The van der Waals surface area contributed by atoms with Gasteiger partial charge in [-0.15, -0.1) is 0 Å².